The van der Waals surface area contributed by atoms with Crippen LogP contribution in [0.15, 0.2) is 12.2 Å². The summed E-state index contributed by atoms with van der Waals surface area (Å²) in [6, 6.07) is 0.697. The second kappa shape index (κ2) is 7.77. The molecule has 0 aliphatic carbocycles. The topological polar surface area (TPSA) is 65.0 Å². The summed E-state index contributed by atoms with van der Waals surface area (Å²) in [4.78, 5) is 10.7. The van der Waals surface area contributed by atoms with Gasteiger partial charge in [-0.1, -0.05) is 6.58 Å². The number of carboxylic acids is 1. The molecule has 0 amide bonds. The number of carboxylic acid groups (broad SMARTS) is 1. The zero-order chi connectivity index (χ0) is 13.5. The Kier molecular flexibility index (Phi) is 7.56. The third-order valence-electron chi connectivity index (χ3n) is 2.92. The Bertz CT molecular complexity index is 257. The number of carbonyl (C=O) groups is 1. The van der Waals surface area contributed by atoms with Gasteiger partial charge in [-0.25, -0.2) is 4.79 Å². The summed E-state index contributed by atoms with van der Waals surface area (Å²) in [6.45, 7) is 3.58. The van der Waals surface area contributed by atoms with Gasteiger partial charge < -0.3 is 18.4 Å². The summed E-state index contributed by atoms with van der Waals surface area (Å²) in [5.41, 5.74) is 0.390. The van der Waals surface area contributed by atoms with Crippen LogP contribution in [0, 0.1) is 0 Å². The third-order valence-corrected chi connectivity index (χ3v) is 7.03. The van der Waals surface area contributed by atoms with E-state index in [1.54, 1.807) is 21.3 Å². The van der Waals surface area contributed by atoms with Gasteiger partial charge in [0.05, 0.1) is 0 Å². The zero-order valence-electron chi connectivity index (χ0n) is 11.0. The first kappa shape index (κ1) is 16.5. The first-order chi connectivity index (χ1) is 7.92. The van der Waals surface area contributed by atoms with Crippen LogP contribution in [-0.4, -0.2) is 51.5 Å². The van der Waals surface area contributed by atoms with Crippen LogP contribution in [0.25, 0.3) is 0 Å². The second-order valence-electron chi connectivity index (χ2n) is 3.92. The summed E-state index contributed by atoms with van der Waals surface area (Å²) in [7, 11) is 3.01. The van der Waals surface area contributed by atoms with E-state index < -0.39 is 14.8 Å². The SMILES string of the molecule is C=C(C(=O)O)C([SiH3])CCC[Si](OC)(OC)OC. The first-order valence-electron chi connectivity index (χ1n) is 5.50. The largest absolute Gasteiger partial charge is 0.500 e. The van der Waals surface area contributed by atoms with Crippen molar-refractivity contribution in [2.75, 3.05) is 21.3 Å². The Balaban J connectivity index is 4.13. The van der Waals surface area contributed by atoms with E-state index in [2.05, 4.69) is 6.58 Å². The Labute approximate surface area is 107 Å². The zero-order valence-corrected chi connectivity index (χ0v) is 14.0. The lowest BCUT2D eigenvalue weighted by Gasteiger charge is -2.24. The summed E-state index contributed by atoms with van der Waals surface area (Å²) in [5, 5.41) is 8.81. The van der Waals surface area contributed by atoms with Crippen molar-refractivity contribution in [3.63, 3.8) is 0 Å². The number of hydrogen-bond donors (Lipinski definition) is 1. The van der Waals surface area contributed by atoms with E-state index in [1.807, 2.05) is 0 Å². The third kappa shape index (κ3) is 5.13. The minimum absolute atomic E-state index is 0.0877. The Morgan fingerprint density at radius 1 is 1.35 bits per heavy atom. The van der Waals surface area contributed by atoms with Gasteiger partial charge in [0.25, 0.3) is 0 Å². The van der Waals surface area contributed by atoms with Gasteiger partial charge in [-0.05, 0) is 18.4 Å². The molecular weight excluding hydrogens is 256 g/mol. The average Bonchev–Trinajstić information content (AvgIpc) is 2.34. The number of aliphatic carboxylic acids is 1. The highest BCUT2D eigenvalue weighted by Crippen LogP contribution is 2.23. The lowest BCUT2D eigenvalue weighted by molar-refractivity contribution is -0.132. The molecular formula is C10H22O5Si2. The molecule has 0 aliphatic heterocycles. The van der Waals surface area contributed by atoms with Crippen LogP contribution in [0.1, 0.15) is 12.8 Å². The van der Waals surface area contributed by atoms with E-state index in [4.69, 9.17) is 18.4 Å². The molecule has 100 valence electrons. The van der Waals surface area contributed by atoms with Gasteiger partial charge in [0.2, 0.25) is 0 Å². The Morgan fingerprint density at radius 3 is 2.18 bits per heavy atom. The lowest BCUT2D eigenvalue weighted by Crippen LogP contribution is -2.42. The van der Waals surface area contributed by atoms with E-state index in [0.29, 0.717) is 11.6 Å². The Morgan fingerprint density at radius 2 is 1.82 bits per heavy atom. The van der Waals surface area contributed by atoms with Crippen molar-refractivity contribution < 1.29 is 23.2 Å². The predicted octanol–water partition coefficient (Wildman–Crippen LogP) is 0.439. The van der Waals surface area contributed by atoms with Gasteiger partial charge in [-0.2, -0.15) is 0 Å². The molecule has 0 saturated carbocycles. The van der Waals surface area contributed by atoms with E-state index in [-0.39, 0.29) is 5.54 Å². The van der Waals surface area contributed by atoms with Crippen molar-refractivity contribution in [1.29, 1.82) is 0 Å². The molecule has 5 nitrogen and oxygen atoms in total. The second-order valence-corrected chi connectivity index (χ2v) is 8.40. The van der Waals surface area contributed by atoms with Crippen molar-refractivity contribution in [3.05, 3.63) is 12.2 Å². The minimum Gasteiger partial charge on any atom is -0.478 e. The molecule has 7 heteroatoms. The van der Waals surface area contributed by atoms with Crippen LogP contribution in [0.2, 0.25) is 11.6 Å². The Hall–Kier alpha value is -0.476. The van der Waals surface area contributed by atoms with E-state index in [9.17, 15) is 4.79 Å². The van der Waals surface area contributed by atoms with Crippen molar-refractivity contribution >= 4 is 25.0 Å². The van der Waals surface area contributed by atoms with E-state index in [0.717, 1.165) is 23.1 Å². The fourth-order valence-corrected chi connectivity index (χ4v) is 3.97. The fraction of sp³-hybridized carbons (Fsp3) is 0.700. The molecule has 0 radical (unpaired) electrons. The monoisotopic (exact) mass is 278 g/mol. The summed E-state index contributed by atoms with van der Waals surface area (Å²) < 4.78 is 15.9. The van der Waals surface area contributed by atoms with Gasteiger partial charge in [0.15, 0.2) is 0 Å². The molecule has 0 aromatic carbocycles. The van der Waals surface area contributed by atoms with E-state index in [1.165, 1.54) is 0 Å². The number of hydrogen-bond acceptors (Lipinski definition) is 4. The molecule has 0 heterocycles. The molecule has 0 aromatic rings. The minimum atomic E-state index is -2.51. The smallest absolute Gasteiger partial charge is 0.478 e. The fourth-order valence-electron chi connectivity index (χ4n) is 1.57. The molecule has 0 aliphatic rings. The van der Waals surface area contributed by atoms with Gasteiger partial charge in [0.1, 0.15) is 0 Å². The van der Waals surface area contributed by atoms with Gasteiger partial charge in [-0.3, -0.25) is 0 Å². The normalized spacial score (nSPS) is 13.6. The molecule has 17 heavy (non-hydrogen) atoms. The molecule has 1 N–H and O–H groups in total. The highest BCUT2D eigenvalue weighted by molar-refractivity contribution is 6.60. The molecule has 1 unspecified atom stereocenters. The number of rotatable bonds is 9. The van der Waals surface area contributed by atoms with Gasteiger partial charge >= 0.3 is 14.8 Å². The summed E-state index contributed by atoms with van der Waals surface area (Å²) in [6.07, 6.45) is 1.62. The molecule has 0 spiro atoms. The van der Waals surface area contributed by atoms with Crippen LogP contribution < -0.4 is 0 Å². The molecule has 0 aromatic heterocycles. The lowest BCUT2D eigenvalue weighted by atomic mass is 10.1. The summed E-state index contributed by atoms with van der Waals surface area (Å²) >= 11 is 0. The standard InChI is InChI=1S/C10H22O5Si2/c1-8(10(11)12)9(16)6-5-7-17(13-2,14-3)15-4/h9H,1,5-7H2,2-4,16H3,(H,11,12). The molecule has 1 atom stereocenters. The van der Waals surface area contributed by atoms with Crippen LogP contribution >= 0.6 is 0 Å². The van der Waals surface area contributed by atoms with Crippen molar-refractivity contribution in [1.82, 2.24) is 0 Å². The highest BCUT2D eigenvalue weighted by atomic mass is 28.4. The van der Waals surface area contributed by atoms with Crippen LogP contribution in [0.5, 0.6) is 0 Å². The van der Waals surface area contributed by atoms with E-state index >= 15 is 0 Å². The maximum absolute atomic E-state index is 10.7. The molecule has 0 saturated heterocycles. The maximum Gasteiger partial charge on any atom is 0.500 e. The summed E-state index contributed by atoms with van der Waals surface area (Å²) in [5.74, 6) is -0.904. The van der Waals surface area contributed by atoms with Crippen molar-refractivity contribution in [2.24, 2.45) is 0 Å². The van der Waals surface area contributed by atoms with Gasteiger partial charge in [0, 0.05) is 43.2 Å². The quantitative estimate of drug-likeness (QED) is 0.490. The first-order valence-corrected chi connectivity index (χ1v) is 8.58. The van der Waals surface area contributed by atoms with Crippen molar-refractivity contribution in [3.8, 4) is 0 Å². The van der Waals surface area contributed by atoms with Crippen molar-refractivity contribution in [2.45, 2.75) is 24.4 Å². The van der Waals surface area contributed by atoms with Crippen LogP contribution in [-0.2, 0) is 18.1 Å². The highest BCUT2D eigenvalue weighted by Gasteiger charge is 2.37. The molecule has 0 rings (SSSR count). The maximum atomic E-state index is 10.7. The predicted molar refractivity (Wildman–Crippen MR) is 71.3 cm³/mol. The van der Waals surface area contributed by atoms with Gasteiger partial charge in [-0.15, -0.1) is 0 Å². The van der Waals surface area contributed by atoms with Crippen LogP contribution in [0.3, 0.4) is 0 Å². The van der Waals surface area contributed by atoms with Crippen LogP contribution in [0.4, 0.5) is 0 Å². The average molecular weight is 278 g/mol. The molecule has 0 fully saturated rings. The molecule has 0 bridgehead atoms.